The highest BCUT2D eigenvalue weighted by Crippen LogP contribution is 2.36. The van der Waals surface area contributed by atoms with E-state index in [0.29, 0.717) is 26.1 Å². The van der Waals surface area contributed by atoms with Gasteiger partial charge in [-0.2, -0.15) is 0 Å². The Labute approximate surface area is 172 Å². The summed E-state index contributed by atoms with van der Waals surface area (Å²) < 4.78 is 11.4. The van der Waals surface area contributed by atoms with Gasteiger partial charge in [0, 0.05) is 5.92 Å². The van der Waals surface area contributed by atoms with Crippen molar-refractivity contribution in [2.45, 2.75) is 44.4 Å². The summed E-state index contributed by atoms with van der Waals surface area (Å²) in [6, 6.07) is 9.48. The third-order valence-corrected chi connectivity index (χ3v) is 5.23. The second-order valence-corrected chi connectivity index (χ2v) is 7.53. The van der Waals surface area contributed by atoms with Crippen molar-refractivity contribution in [1.82, 2.24) is 0 Å². The predicted molar refractivity (Wildman–Crippen MR) is 112 cm³/mol. The van der Waals surface area contributed by atoms with Crippen molar-refractivity contribution >= 4 is 0 Å². The van der Waals surface area contributed by atoms with Crippen molar-refractivity contribution in [3.8, 4) is 5.75 Å². The number of aliphatic hydroxyl groups is 3. The monoisotopic (exact) mass is 406 g/mol. The van der Waals surface area contributed by atoms with Crippen molar-refractivity contribution in [3.63, 3.8) is 0 Å². The van der Waals surface area contributed by atoms with Gasteiger partial charge in [0.15, 0.2) is 0 Å². The maximum Gasteiger partial charge on any atom is 0.141 e. The van der Waals surface area contributed by atoms with E-state index in [1.54, 1.807) is 0 Å². The molecule has 0 radical (unpaired) electrons. The molecule has 1 aliphatic rings. The van der Waals surface area contributed by atoms with Gasteiger partial charge in [-0.15, -0.1) is 0 Å². The largest absolute Gasteiger partial charge is 0.506 e. The third kappa shape index (κ3) is 7.04. The topological polar surface area (TPSA) is 131 Å². The molecular weight excluding hydrogens is 372 g/mol. The van der Waals surface area contributed by atoms with Crippen LogP contribution in [0.25, 0.3) is 0 Å². The second-order valence-electron chi connectivity index (χ2n) is 7.53. The van der Waals surface area contributed by atoms with Gasteiger partial charge in [-0.3, -0.25) is 5.73 Å². The summed E-state index contributed by atoms with van der Waals surface area (Å²) in [5.74, 6) is 0.271. The van der Waals surface area contributed by atoms with E-state index in [4.69, 9.17) is 20.9 Å². The lowest BCUT2D eigenvalue weighted by molar-refractivity contribution is -0.0166. The van der Waals surface area contributed by atoms with Crippen molar-refractivity contribution < 1.29 is 24.8 Å². The number of benzene rings is 1. The number of para-hydroxylation sites is 1. The minimum Gasteiger partial charge on any atom is -0.506 e. The Morgan fingerprint density at radius 3 is 2.52 bits per heavy atom. The molecule has 0 saturated carbocycles. The van der Waals surface area contributed by atoms with E-state index in [9.17, 15) is 15.3 Å². The maximum atomic E-state index is 10.6. The summed E-state index contributed by atoms with van der Waals surface area (Å²) in [7, 11) is 0. The van der Waals surface area contributed by atoms with Crippen LogP contribution in [-0.2, 0) is 4.74 Å². The average molecular weight is 407 g/mol. The zero-order valence-corrected chi connectivity index (χ0v) is 17.0. The van der Waals surface area contributed by atoms with Crippen LogP contribution in [0, 0.1) is 11.8 Å². The maximum absolute atomic E-state index is 10.6. The van der Waals surface area contributed by atoms with Crippen LogP contribution in [0.3, 0.4) is 0 Å². The molecule has 0 heterocycles. The Morgan fingerprint density at radius 2 is 1.86 bits per heavy atom. The fourth-order valence-corrected chi connectivity index (χ4v) is 3.73. The van der Waals surface area contributed by atoms with Gasteiger partial charge in [0.2, 0.25) is 0 Å². The van der Waals surface area contributed by atoms with Gasteiger partial charge in [0.1, 0.15) is 23.8 Å². The first-order valence-electron chi connectivity index (χ1n) is 10.2. The fourth-order valence-electron chi connectivity index (χ4n) is 3.73. The summed E-state index contributed by atoms with van der Waals surface area (Å²) in [5.41, 5.74) is 10.2. The number of ether oxygens (including phenoxy) is 2. The molecule has 7 nitrogen and oxygen atoms in total. The van der Waals surface area contributed by atoms with E-state index in [-0.39, 0.29) is 30.1 Å². The Morgan fingerprint density at radius 1 is 1.14 bits per heavy atom. The molecule has 0 aliphatic heterocycles. The van der Waals surface area contributed by atoms with Gasteiger partial charge < -0.3 is 30.5 Å². The highest BCUT2D eigenvalue weighted by atomic mass is 16.5. The molecule has 4 unspecified atom stereocenters. The molecule has 0 fully saturated rings. The first-order valence-corrected chi connectivity index (χ1v) is 10.2. The number of nitrogens with two attached hydrogens (primary N) is 2. The first kappa shape index (κ1) is 23.2. The van der Waals surface area contributed by atoms with Gasteiger partial charge in [0.25, 0.3) is 0 Å². The van der Waals surface area contributed by atoms with E-state index in [1.807, 2.05) is 30.3 Å². The lowest BCUT2D eigenvalue weighted by Crippen LogP contribution is -2.50. The van der Waals surface area contributed by atoms with Gasteiger partial charge in [0.05, 0.1) is 25.0 Å². The normalized spacial score (nSPS) is 23.8. The summed E-state index contributed by atoms with van der Waals surface area (Å²) in [6.45, 7) is 2.71. The van der Waals surface area contributed by atoms with Crippen molar-refractivity contribution in [1.29, 1.82) is 0 Å². The molecule has 1 aromatic carbocycles. The van der Waals surface area contributed by atoms with Crippen LogP contribution in [0.1, 0.15) is 32.6 Å². The van der Waals surface area contributed by atoms with E-state index in [2.05, 4.69) is 6.92 Å². The van der Waals surface area contributed by atoms with Crippen LogP contribution in [0.15, 0.2) is 53.9 Å². The van der Waals surface area contributed by atoms with Crippen LogP contribution in [0.2, 0.25) is 0 Å². The van der Waals surface area contributed by atoms with Gasteiger partial charge in [-0.05, 0) is 49.5 Å². The Hall–Kier alpha value is -2.06. The molecule has 162 valence electrons. The Bertz CT molecular complexity index is 675. The molecule has 1 aromatic rings. The van der Waals surface area contributed by atoms with E-state index in [1.165, 1.54) is 12.2 Å². The van der Waals surface area contributed by atoms with E-state index >= 15 is 0 Å². The molecule has 4 atom stereocenters. The molecule has 1 aliphatic carbocycles. The summed E-state index contributed by atoms with van der Waals surface area (Å²) >= 11 is 0. The number of hydrogen-bond donors (Lipinski definition) is 5. The number of hydrogen-bond acceptors (Lipinski definition) is 7. The molecule has 0 saturated heterocycles. The molecule has 0 spiro atoms. The van der Waals surface area contributed by atoms with Crippen molar-refractivity contribution in [2.75, 3.05) is 19.8 Å². The molecule has 7 N–H and O–H groups in total. The quantitative estimate of drug-likeness (QED) is 0.266. The summed E-state index contributed by atoms with van der Waals surface area (Å²) in [4.78, 5) is 0. The van der Waals surface area contributed by atoms with Crippen LogP contribution >= 0.6 is 0 Å². The lowest BCUT2D eigenvalue weighted by atomic mass is 9.75. The Kier molecular flexibility index (Phi) is 8.98. The lowest BCUT2D eigenvalue weighted by Gasteiger charge is -2.37. The first-order chi connectivity index (χ1) is 13.9. The minimum atomic E-state index is -1.62. The molecule has 0 amide bonds. The van der Waals surface area contributed by atoms with E-state index < -0.39 is 11.6 Å². The van der Waals surface area contributed by atoms with E-state index in [0.717, 1.165) is 18.6 Å². The fraction of sp³-hybridized carbons (Fsp3) is 0.545. The molecule has 0 bridgehead atoms. The number of rotatable bonds is 12. The van der Waals surface area contributed by atoms with Crippen LogP contribution in [0.5, 0.6) is 5.75 Å². The van der Waals surface area contributed by atoms with Crippen LogP contribution in [0.4, 0.5) is 0 Å². The predicted octanol–water partition coefficient (Wildman–Crippen LogP) is 2.20. The molecule has 2 rings (SSSR count). The molecule has 0 aromatic heterocycles. The molecule has 29 heavy (non-hydrogen) atoms. The van der Waals surface area contributed by atoms with Crippen molar-refractivity contribution in [3.05, 3.63) is 53.9 Å². The van der Waals surface area contributed by atoms with Crippen LogP contribution < -0.4 is 16.2 Å². The van der Waals surface area contributed by atoms with Gasteiger partial charge in [-0.25, -0.2) is 0 Å². The average Bonchev–Trinajstić information content (AvgIpc) is 2.70. The summed E-state index contributed by atoms with van der Waals surface area (Å²) in [5, 5.41) is 30.2. The molecular formula is C22H34N2O5. The third-order valence-electron chi connectivity index (χ3n) is 5.23. The van der Waals surface area contributed by atoms with Gasteiger partial charge >= 0.3 is 0 Å². The Balaban J connectivity index is 1.86. The van der Waals surface area contributed by atoms with Gasteiger partial charge in [-0.1, -0.05) is 31.5 Å². The van der Waals surface area contributed by atoms with Crippen LogP contribution in [-0.4, -0.2) is 47.0 Å². The minimum absolute atomic E-state index is 0.0136. The zero-order chi connectivity index (χ0) is 21.3. The SMILES string of the molecule is CCCC(CCC(CO)OCCOc1ccccc1)C1C=C(O)C(N)=CC1(N)O. The smallest absolute Gasteiger partial charge is 0.141 e. The highest BCUT2D eigenvalue weighted by molar-refractivity contribution is 5.32. The second kappa shape index (κ2) is 11.2. The zero-order valence-electron chi connectivity index (χ0n) is 17.0. The summed E-state index contributed by atoms with van der Waals surface area (Å²) in [6.07, 6.45) is 5.51. The molecule has 7 heteroatoms. The number of aliphatic hydroxyl groups excluding tert-OH is 2. The standard InChI is InChI=1S/C22H34N2O5/c1-2-6-16(19-13-21(26)20(23)14-22(19,24)27)9-10-18(15-25)29-12-11-28-17-7-4-3-5-8-17/h3-5,7-8,13-14,16,18-19,25-27H,2,6,9-12,15,23-24H2,1H3. The van der Waals surface area contributed by atoms with Crippen molar-refractivity contribution in [2.24, 2.45) is 23.3 Å². The highest BCUT2D eigenvalue weighted by Gasteiger charge is 2.38.